The van der Waals surface area contributed by atoms with Crippen molar-refractivity contribution in [3.05, 3.63) is 29.8 Å². The average Bonchev–Trinajstić information content (AvgIpc) is 3.19. The second kappa shape index (κ2) is 5.08. The first-order chi connectivity index (χ1) is 8.61. The molecule has 0 spiro atoms. The van der Waals surface area contributed by atoms with Crippen molar-refractivity contribution < 1.29 is 19.4 Å². The number of amides is 1. The van der Waals surface area contributed by atoms with Crippen LogP contribution in [0.4, 0.5) is 0 Å². The summed E-state index contributed by atoms with van der Waals surface area (Å²) in [7, 11) is 1.51. The summed E-state index contributed by atoms with van der Waals surface area (Å²) in [5.74, 6) is -0.709. The van der Waals surface area contributed by atoms with E-state index >= 15 is 0 Å². The number of carboxylic acids is 1. The van der Waals surface area contributed by atoms with E-state index in [1.807, 2.05) is 0 Å². The lowest BCUT2D eigenvalue weighted by molar-refractivity contribution is -0.142. The van der Waals surface area contributed by atoms with E-state index in [-0.39, 0.29) is 11.8 Å². The molecule has 1 saturated carbocycles. The summed E-state index contributed by atoms with van der Waals surface area (Å²) in [4.78, 5) is 22.9. The summed E-state index contributed by atoms with van der Waals surface area (Å²) in [6.45, 7) is 0. The van der Waals surface area contributed by atoms with Gasteiger partial charge in [-0.2, -0.15) is 0 Å². The second-order valence-electron chi connectivity index (χ2n) is 4.33. The Labute approximate surface area is 105 Å². The highest BCUT2D eigenvalue weighted by Gasteiger charge is 2.33. The van der Waals surface area contributed by atoms with Crippen LogP contribution in [0.5, 0.6) is 5.75 Å². The predicted octanol–water partition coefficient (Wildman–Crippen LogP) is 1.35. The Balaban J connectivity index is 2.17. The van der Waals surface area contributed by atoms with Crippen molar-refractivity contribution in [2.45, 2.75) is 18.9 Å². The maximum atomic E-state index is 11.6. The molecule has 1 atom stereocenters. The molecule has 1 aliphatic carbocycles. The number of aliphatic carboxylic acids is 1. The number of hydrogen-bond donors (Lipinski definition) is 2. The topological polar surface area (TPSA) is 75.6 Å². The molecule has 1 unspecified atom stereocenters. The molecule has 1 aliphatic rings. The smallest absolute Gasteiger partial charge is 0.330 e. The van der Waals surface area contributed by atoms with Crippen LogP contribution in [0, 0.1) is 5.92 Å². The van der Waals surface area contributed by atoms with Crippen LogP contribution >= 0.6 is 0 Å². The van der Waals surface area contributed by atoms with Gasteiger partial charge in [0, 0.05) is 5.92 Å². The lowest BCUT2D eigenvalue weighted by Crippen LogP contribution is -2.34. The van der Waals surface area contributed by atoms with Crippen LogP contribution < -0.4 is 10.1 Å². The van der Waals surface area contributed by atoms with E-state index < -0.39 is 12.0 Å². The van der Waals surface area contributed by atoms with Crippen LogP contribution in [0.3, 0.4) is 0 Å². The summed E-state index contributed by atoms with van der Waals surface area (Å²) < 4.78 is 5.04. The summed E-state index contributed by atoms with van der Waals surface area (Å²) in [6.07, 6.45) is 1.69. The van der Waals surface area contributed by atoms with Crippen LogP contribution in [0.15, 0.2) is 24.3 Å². The van der Waals surface area contributed by atoms with Gasteiger partial charge in [0.1, 0.15) is 5.75 Å². The number of methoxy groups -OCH3 is 1. The van der Waals surface area contributed by atoms with Gasteiger partial charge < -0.3 is 15.2 Å². The van der Waals surface area contributed by atoms with Crippen molar-refractivity contribution >= 4 is 11.9 Å². The Morgan fingerprint density at radius 3 is 2.72 bits per heavy atom. The van der Waals surface area contributed by atoms with Crippen molar-refractivity contribution in [3.8, 4) is 5.75 Å². The minimum absolute atomic E-state index is 0.0162. The van der Waals surface area contributed by atoms with E-state index in [9.17, 15) is 14.7 Å². The molecule has 0 aromatic heterocycles. The predicted molar refractivity (Wildman–Crippen MR) is 64.2 cm³/mol. The third kappa shape index (κ3) is 2.80. The number of carbonyl (C=O) groups excluding carboxylic acids is 1. The van der Waals surface area contributed by atoms with Crippen LogP contribution in [0.25, 0.3) is 0 Å². The molecule has 1 fully saturated rings. The van der Waals surface area contributed by atoms with Crippen LogP contribution in [0.1, 0.15) is 24.4 Å². The molecule has 0 bridgehead atoms. The zero-order valence-electron chi connectivity index (χ0n) is 10.1. The second-order valence-corrected chi connectivity index (χ2v) is 4.33. The van der Waals surface area contributed by atoms with E-state index in [1.54, 1.807) is 24.3 Å². The minimum Gasteiger partial charge on any atom is -0.497 e. The van der Waals surface area contributed by atoms with Crippen LogP contribution in [-0.2, 0) is 9.59 Å². The van der Waals surface area contributed by atoms with Crippen molar-refractivity contribution in [1.82, 2.24) is 5.32 Å². The first kappa shape index (κ1) is 12.4. The zero-order valence-corrected chi connectivity index (χ0v) is 10.1. The number of ether oxygens (including phenoxy) is 1. The molecule has 0 radical (unpaired) electrons. The quantitative estimate of drug-likeness (QED) is 0.825. The Kier molecular flexibility index (Phi) is 3.50. The third-order valence-corrected chi connectivity index (χ3v) is 2.91. The number of benzene rings is 1. The molecule has 18 heavy (non-hydrogen) atoms. The Morgan fingerprint density at radius 2 is 2.17 bits per heavy atom. The van der Waals surface area contributed by atoms with E-state index in [1.165, 1.54) is 7.11 Å². The number of carbonyl (C=O) groups is 2. The van der Waals surface area contributed by atoms with E-state index in [2.05, 4.69) is 5.32 Å². The Morgan fingerprint density at radius 1 is 1.44 bits per heavy atom. The van der Waals surface area contributed by atoms with Gasteiger partial charge in [-0.3, -0.25) is 4.79 Å². The fraction of sp³-hybridized carbons (Fsp3) is 0.385. The lowest BCUT2D eigenvalue weighted by atomic mass is 10.1. The third-order valence-electron chi connectivity index (χ3n) is 2.91. The lowest BCUT2D eigenvalue weighted by Gasteiger charge is -2.15. The van der Waals surface area contributed by atoms with Gasteiger partial charge in [0.05, 0.1) is 7.11 Å². The summed E-state index contributed by atoms with van der Waals surface area (Å²) >= 11 is 0. The highest BCUT2D eigenvalue weighted by atomic mass is 16.5. The van der Waals surface area contributed by atoms with E-state index in [4.69, 9.17) is 4.74 Å². The number of rotatable bonds is 5. The van der Waals surface area contributed by atoms with Crippen LogP contribution in [0.2, 0.25) is 0 Å². The summed E-state index contributed by atoms with van der Waals surface area (Å²) in [5, 5.41) is 11.7. The van der Waals surface area contributed by atoms with Gasteiger partial charge in [0.2, 0.25) is 5.91 Å². The van der Waals surface area contributed by atoms with Gasteiger partial charge in [0.15, 0.2) is 6.04 Å². The zero-order chi connectivity index (χ0) is 13.1. The van der Waals surface area contributed by atoms with Crippen LogP contribution in [-0.4, -0.2) is 24.1 Å². The molecule has 1 aromatic rings. The van der Waals surface area contributed by atoms with Crippen molar-refractivity contribution in [2.75, 3.05) is 7.11 Å². The minimum atomic E-state index is -1.07. The van der Waals surface area contributed by atoms with Crippen molar-refractivity contribution in [1.29, 1.82) is 0 Å². The van der Waals surface area contributed by atoms with E-state index in [0.717, 1.165) is 12.8 Å². The standard InChI is InChI=1S/C13H15NO4/c1-18-10-4-2-3-9(7-10)11(13(16)17)14-12(15)8-5-6-8/h2-4,7-8,11H,5-6H2,1H3,(H,14,15)(H,16,17). The molecular formula is C13H15NO4. The van der Waals surface area contributed by atoms with Gasteiger partial charge in [-0.1, -0.05) is 12.1 Å². The maximum Gasteiger partial charge on any atom is 0.330 e. The summed E-state index contributed by atoms with van der Waals surface area (Å²) in [6, 6.07) is 5.69. The molecule has 0 heterocycles. The molecule has 5 nitrogen and oxygen atoms in total. The Bertz CT molecular complexity index is 468. The molecule has 2 N–H and O–H groups in total. The largest absolute Gasteiger partial charge is 0.497 e. The van der Waals surface area contributed by atoms with Crippen molar-refractivity contribution in [3.63, 3.8) is 0 Å². The number of nitrogens with one attached hydrogen (secondary N) is 1. The number of hydrogen-bond acceptors (Lipinski definition) is 3. The first-order valence-electron chi connectivity index (χ1n) is 5.79. The van der Waals surface area contributed by atoms with Gasteiger partial charge >= 0.3 is 5.97 Å². The highest BCUT2D eigenvalue weighted by Crippen LogP contribution is 2.30. The molecule has 5 heteroatoms. The monoisotopic (exact) mass is 249 g/mol. The summed E-state index contributed by atoms with van der Waals surface area (Å²) in [5.41, 5.74) is 0.510. The fourth-order valence-electron chi connectivity index (χ4n) is 1.71. The van der Waals surface area contributed by atoms with Gasteiger partial charge in [0.25, 0.3) is 0 Å². The number of carboxylic acid groups (broad SMARTS) is 1. The molecule has 96 valence electrons. The molecule has 1 amide bonds. The SMILES string of the molecule is COc1cccc(C(NC(=O)C2CC2)C(=O)O)c1. The molecular weight excluding hydrogens is 234 g/mol. The fourth-order valence-corrected chi connectivity index (χ4v) is 1.71. The normalized spacial score (nSPS) is 15.8. The molecule has 0 aliphatic heterocycles. The molecule has 0 saturated heterocycles. The maximum absolute atomic E-state index is 11.6. The van der Waals surface area contributed by atoms with Gasteiger partial charge in [-0.25, -0.2) is 4.79 Å². The molecule has 2 rings (SSSR count). The van der Waals surface area contributed by atoms with Gasteiger partial charge in [-0.15, -0.1) is 0 Å². The molecule has 1 aromatic carbocycles. The first-order valence-corrected chi connectivity index (χ1v) is 5.79. The van der Waals surface area contributed by atoms with Gasteiger partial charge in [-0.05, 0) is 30.5 Å². The Hall–Kier alpha value is -2.04. The highest BCUT2D eigenvalue weighted by molar-refractivity contribution is 5.87. The van der Waals surface area contributed by atoms with E-state index in [0.29, 0.717) is 11.3 Å². The van der Waals surface area contributed by atoms with Crippen molar-refractivity contribution in [2.24, 2.45) is 5.92 Å². The average molecular weight is 249 g/mol.